The summed E-state index contributed by atoms with van der Waals surface area (Å²) in [6.07, 6.45) is 1.68. The van der Waals surface area contributed by atoms with Crippen LogP contribution in [0.25, 0.3) is 0 Å². The van der Waals surface area contributed by atoms with Crippen LogP contribution < -0.4 is 4.74 Å². The van der Waals surface area contributed by atoms with E-state index in [9.17, 15) is 0 Å². The predicted molar refractivity (Wildman–Crippen MR) is 79.6 cm³/mol. The fraction of sp³-hybridized carbons (Fsp3) is 0.286. The number of halogens is 2. The van der Waals surface area contributed by atoms with E-state index in [1.54, 1.807) is 13.4 Å². The molecule has 0 radical (unpaired) electrons. The SMILES string of the molecule is COc1c(C)cc(Br)c(C)c1C(Br)c1ccco1. The predicted octanol–water partition coefficient (Wildman–Crippen LogP) is 5.15. The molecule has 0 aliphatic rings. The molecule has 96 valence electrons. The Kier molecular flexibility index (Phi) is 4.17. The van der Waals surface area contributed by atoms with Crippen LogP contribution >= 0.6 is 31.9 Å². The second-order valence-corrected chi connectivity index (χ2v) is 5.90. The molecule has 4 heteroatoms. The lowest BCUT2D eigenvalue weighted by molar-refractivity contribution is 0.404. The first-order valence-corrected chi connectivity index (χ1v) is 7.28. The summed E-state index contributed by atoms with van der Waals surface area (Å²) >= 11 is 7.27. The molecule has 0 aliphatic carbocycles. The van der Waals surface area contributed by atoms with Crippen LogP contribution in [0.4, 0.5) is 0 Å². The molecule has 2 nitrogen and oxygen atoms in total. The van der Waals surface area contributed by atoms with Gasteiger partial charge in [-0.1, -0.05) is 31.9 Å². The Morgan fingerprint density at radius 1 is 1.33 bits per heavy atom. The van der Waals surface area contributed by atoms with Crippen molar-refractivity contribution < 1.29 is 9.15 Å². The van der Waals surface area contributed by atoms with Crippen molar-refractivity contribution in [2.24, 2.45) is 0 Å². The molecule has 18 heavy (non-hydrogen) atoms. The molecule has 0 aliphatic heterocycles. The first kappa shape index (κ1) is 13.7. The number of methoxy groups -OCH3 is 1. The van der Waals surface area contributed by atoms with Crippen LogP contribution in [0.5, 0.6) is 5.75 Å². The summed E-state index contributed by atoms with van der Waals surface area (Å²) in [4.78, 5) is -0.0151. The fourth-order valence-corrected chi connectivity index (χ4v) is 3.40. The van der Waals surface area contributed by atoms with Crippen LogP contribution in [0.15, 0.2) is 33.4 Å². The molecule has 2 aromatic rings. The highest BCUT2D eigenvalue weighted by Crippen LogP contribution is 2.42. The molecule has 1 aromatic heterocycles. The van der Waals surface area contributed by atoms with Gasteiger partial charge < -0.3 is 9.15 Å². The van der Waals surface area contributed by atoms with Gasteiger partial charge in [0.05, 0.1) is 13.4 Å². The molecule has 0 saturated heterocycles. The summed E-state index contributed by atoms with van der Waals surface area (Å²) in [6, 6.07) is 5.91. The van der Waals surface area contributed by atoms with Crippen molar-refractivity contribution in [2.45, 2.75) is 18.7 Å². The highest BCUT2D eigenvalue weighted by molar-refractivity contribution is 9.10. The van der Waals surface area contributed by atoms with E-state index in [4.69, 9.17) is 9.15 Å². The van der Waals surface area contributed by atoms with Crippen molar-refractivity contribution in [3.63, 3.8) is 0 Å². The number of alkyl halides is 1. The van der Waals surface area contributed by atoms with Crippen LogP contribution in [0.2, 0.25) is 0 Å². The number of hydrogen-bond donors (Lipinski definition) is 0. The van der Waals surface area contributed by atoms with Crippen LogP contribution in [0.1, 0.15) is 27.3 Å². The maximum absolute atomic E-state index is 5.54. The van der Waals surface area contributed by atoms with Crippen molar-refractivity contribution in [3.8, 4) is 5.75 Å². The Bertz CT molecular complexity index is 547. The van der Waals surface area contributed by atoms with Gasteiger partial charge in [-0.25, -0.2) is 0 Å². The monoisotopic (exact) mass is 372 g/mol. The summed E-state index contributed by atoms with van der Waals surface area (Å²) < 4.78 is 12.1. The third-order valence-corrected chi connectivity index (χ3v) is 4.69. The van der Waals surface area contributed by atoms with Crippen molar-refractivity contribution in [1.82, 2.24) is 0 Å². The van der Waals surface area contributed by atoms with E-state index in [0.29, 0.717) is 0 Å². The molecule has 1 atom stereocenters. The number of rotatable bonds is 3. The topological polar surface area (TPSA) is 22.4 Å². The molecular weight excluding hydrogens is 360 g/mol. The van der Waals surface area contributed by atoms with Gasteiger partial charge in [0.15, 0.2) is 0 Å². The Morgan fingerprint density at radius 3 is 2.61 bits per heavy atom. The lowest BCUT2D eigenvalue weighted by atomic mass is 10.00. The smallest absolute Gasteiger partial charge is 0.126 e. The number of benzene rings is 1. The molecule has 1 aromatic carbocycles. The largest absolute Gasteiger partial charge is 0.496 e. The fourth-order valence-electron chi connectivity index (χ4n) is 2.03. The zero-order valence-corrected chi connectivity index (χ0v) is 13.6. The average molecular weight is 374 g/mol. The van der Waals surface area contributed by atoms with E-state index in [1.165, 1.54) is 0 Å². The van der Waals surface area contributed by atoms with E-state index < -0.39 is 0 Å². The van der Waals surface area contributed by atoms with E-state index >= 15 is 0 Å². The number of hydrogen-bond acceptors (Lipinski definition) is 2. The van der Waals surface area contributed by atoms with Gasteiger partial charge in [-0.2, -0.15) is 0 Å². The summed E-state index contributed by atoms with van der Waals surface area (Å²) in [6.45, 7) is 4.10. The van der Waals surface area contributed by atoms with Crippen LogP contribution in [-0.4, -0.2) is 7.11 Å². The van der Waals surface area contributed by atoms with Gasteiger partial charge in [-0.05, 0) is 43.2 Å². The summed E-state index contributed by atoms with van der Waals surface area (Å²) in [7, 11) is 1.70. The zero-order chi connectivity index (χ0) is 13.3. The van der Waals surface area contributed by atoms with Gasteiger partial charge in [0.25, 0.3) is 0 Å². The third kappa shape index (κ3) is 2.36. The van der Waals surface area contributed by atoms with E-state index in [0.717, 1.165) is 32.7 Å². The Labute approximate surface area is 124 Å². The third-order valence-electron chi connectivity index (χ3n) is 2.96. The number of ether oxygens (including phenoxy) is 1. The lowest BCUT2D eigenvalue weighted by Gasteiger charge is -2.19. The Balaban J connectivity index is 2.62. The van der Waals surface area contributed by atoms with Crippen molar-refractivity contribution in [1.29, 1.82) is 0 Å². The van der Waals surface area contributed by atoms with E-state index in [1.807, 2.05) is 19.1 Å². The molecular formula is C14H14Br2O2. The van der Waals surface area contributed by atoms with Gasteiger partial charge >= 0.3 is 0 Å². The van der Waals surface area contributed by atoms with Crippen LogP contribution in [-0.2, 0) is 0 Å². The molecule has 0 bridgehead atoms. The molecule has 0 N–H and O–H groups in total. The molecule has 0 fully saturated rings. The van der Waals surface area contributed by atoms with Crippen LogP contribution in [0, 0.1) is 13.8 Å². The Hall–Kier alpha value is -0.740. The first-order chi connectivity index (χ1) is 8.56. The lowest BCUT2D eigenvalue weighted by Crippen LogP contribution is -2.02. The average Bonchev–Trinajstić information content (AvgIpc) is 2.86. The van der Waals surface area contributed by atoms with Crippen molar-refractivity contribution in [2.75, 3.05) is 7.11 Å². The minimum atomic E-state index is -0.0151. The summed E-state index contributed by atoms with van der Waals surface area (Å²) in [5.41, 5.74) is 3.34. The van der Waals surface area contributed by atoms with Gasteiger partial charge in [0, 0.05) is 10.0 Å². The second-order valence-electron chi connectivity index (χ2n) is 4.13. The number of furan rings is 1. The molecule has 2 rings (SSSR count). The van der Waals surface area contributed by atoms with E-state index in [2.05, 4.69) is 44.8 Å². The summed E-state index contributed by atoms with van der Waals surface area (Å²) in [5.74, 6) is 1.77. The second kappa shape index (κ2) is 5.49. The molecule has 1 unspecified atom stereocenters. The highest BCUT2D eigenvalue weighted by Gasteiger charge is 2.22. The molecule has 0 amide bonds. The van der Waals surface area contributed by atoms with E-state index in [-0.39, 0.29) is 4.83 Å². The molecule has 1 heterocycles. The highest BCUT2D eigenvalue weighted by atomic mass is 79.9. The van der Waals surface area contributed by atoms with Gasteiger partial charge in [-0.3, -0.25) is 0 Å². The Morgan fingerprint density at radius 2 is 2.06 bits per heavy atom. The van der Waals surface area contributed by atoms with Crippen molar-refractivity contribution in [3.05, 3.63) is 51.4 Å². The number of aryl methyl sites for hydroxylation is 1. The van der Waals surface area contributed by atoms with Gasteiger partial charge in [0.2, 0.25) is 0 Å². The molecule has 0 saturated carbocycles. The minimum Gasteiger partial charge on any atom is -0.496 e. The van der Waals surface area contributed by atoms with Gasteiger partial charge in [0.1, 0.15) is 16.3 Å². The maximum atomic E-state index is 5.54. The molecule has 0 spiro atoms. The van der Waals surface area contributed by atoms with Crippen molar-refractivity contribution >= 4 is 31.9 Å². The minimum absolute atomic E-state index is 0.0151. The quantitative estimate of drug-likeness (QED) is 0.694. The van der Waals surface area contributed by atoms with Gasteiger partial charge in [-0.15, -0.1) is 0 Å². The van der Waals surface area contributed by atoms with Crippen LogP contribution in [0.3, 0.4) is 0 Å². The normalized spacial score (nSPS) is 12.5. The maximum Gasteiger partial charge on any atom is 0.126 e. The standard InChI is InChI=1S/C14H14Br2O2/c1-8-7-10(15)9(2)12(14(8)17-3)13(16)11-5-4-6-18-11/h4-7,13H,1-3H3. The summed E-state index contributed by atoms with van der Waals surface area (Å²) in [5, 5.41) is 0. The zero-order valence-electron chi connectivity index (χ0n) is 10.5. The first-order valence-electron chi connectivity index (χ1n) is 5.57.